The quantitative estimate of drug-likeness (QED) is 0.575. The van der Waals surface area contributed by atoms with Gasteiger partial charge >= 0.3 is 6.18 Å². The third-order valence-corrected chi connectivity index (χ3v) is 5.59. The summed E-state index contributed by atoms with van der Waals surface area (Å²) >= 11 is 0. The molecule has 1 amide bonds. The van der Waals surface area contributed by atoms with E-state index in [4.69, 9.17) is 0 Å². The fourth-order valence-corrected chi connectivity index (χ4v) is 3.79. The first-order valence-electron chi connectivity index (χ1n) is 10.0. The highest BCUT2D eigenvalue weighted by atomic mass is 19.4. The van der Waals surface area contributed by atoms with E-state index in [0.717, 1.165) is 30.7 Å². The average molecular weight is 431 g/mol. The summed E-state index contributed by atoms with van der Waals surface area (Å²) in [6.45, 7) is 3.29. The number of nitrogens with zero attached hydrogens (tertiary/aromatic N) is 3. The molecule has 0 saturated carbocycles. The Balaban J connectivity index is 1.40. The van der Waals surface area contributed by atoms with E-state index in [1.165, 1.54) is 24.4 Å². The number of rotatable bonds is 4. The molecule has 0 N–H and O–H groups in total. The standard InChI is InChI=1S/C23H21F4N3O/c24-18-4-1-16(2-5-18)8-10-29-11-13-30(14-12-29)22(31)20-7-9-28-21-15-17(23(25,26)27)3-6-19(20)21/h1-7,9,15H,8,10-14H2. The molecule has 1 aromatic heterocycles. The van der Waals surface area contributed by atoms with Crippen LogP contribution >= 0.6 is 0 Å². The molecule has 0 bridgehead atoms. The number of aromatic nitrogens is 1. The van der Waals surface area contributed by atoms with Gasteiger partial charge in [0.05, 0.1) is 16.6 Å². The monoisotopic (exact) mass is 431 g/mol. The number of hydrogen-bond acceptors (Lipinski definition) is 3. The van der Waals surface area contributed by atoms with Gasteiger partial charge in [-0.25, -0.2) is 4.39 Å². The number of pyridine rings is 1. The summed E-state index contributed by atoms with van der Waals surface area (Å²) in [5.41, 5.74) is 0.783. The number of fused-ring (bicyclic) bond motifs is 1. The van der Waals surface area contributed by atoms with Crippen molar-refractivity contribution in [3.63, 3.8) is 0 Å². The number of carbonyl (C=O) groups excluding carboxylic acids is 1. The Hall–Kier alpha value is -3.00. The zero-order valence-corrected chi connectivity index (χ0v) is 16.7. The van der Waals surface area contributed by atoms with E-state index in [9.17, 15) is 22.4 Å². The van der Waals surface area contributed by atoms with Crippen molar-refractivity contribution in [2.75, 3.05) is 32.7 Å². The van der Waals surface area contributed by atoms with Crippen LogP contribution in [0.15, 0.2) is 54.7 Å². The predicted molar refractivity (Wildman–Crippen MR) is 109 cm³/mol. The number of benzene rings is 2. The van der Waals surface area contributed by atoms with E-state index < -0.39 is 11.7 Å². The second-order valence-corrected chi connectivity index (χ2v) is 7.60. The van der Waals surface area contributed by atoms with Gasteiger partial charge in [0.25, 0.3) is 5.91 Å². The number of alkyl halides is 3. The average Bonchev–Trinajstić information content (AvgIpc) is 2.77. The first-order valence-corrected chi connectivity index (χ1v) is 10.0. The minimum atomic E-state index is -4.46. The number of amides is 1. The van der Waals surface area contributed by atoms with Gasteiger partial charge in [0.2, 0.25) is 0 Å². The van der Waals surface area contributed by atoms with Crippen molar-refractivity contribution >= 4 is 16.8 Å². The molecular weight excluding hydrogens is 410 g/mol. The number of halogens is 4. The molecule has 0 aliphatic carbocycles. The van der Waals surface area contributed by atoms with Crippen LogP contribution in [0, 0.1) is 5.82 Å². The highest BCUT2D eigenvalue weighted by molar-refractivity contribution is 6.06. The van der Waals surface area contributed by atoms with Crippen LogP contribution in [0.5, 0.6) is 0 Å². The van der Waals surface area contributed by atoms with Gasteiger partial charge in [-0.1, -0.05) is 18.2 Å². The molecule has 1 aliphatic rings. The topological polar surface area (TPSA) is 36.4 Å². The first kappa shape index (κ1) is 21.2. The Bertz CT molecular complexity index is 1070. The van der Waals surface area contributed by atoms with Crippen LogP contribution in [0.4, 0.5) is 17.6 Å². The second kappa shape index (κ2) is 8.63. The Morgan fingerprint density at radius 1 is 0.968 bits per heavy atom. The molecule has 2 aromatic carbocycles. The lowest BCUT2D eigenvalue weighted by atomic mass is 10.0. The van der Waals surface area contributed by atoms with E-state index >= 15 is 0 Å². The van der Waals surface area contributed by atoms with E-state index in [-0.39, 0.29) is 17.2 Å². The van der Waals surface area contributed by atoms with Crippen LogP contribution in [0.3, 0.4) is 0 Å². The lowest BCUT2D eigenvalue weighted by molar-refractivity contribution is -0.137. The Kier molecular flexibility index (Phi) is 5.91. The molecule has 4 nitrogen and oxygen atoms in total. The van der Waals surface area contributed by atoms with Crippen molar-refractivity contribution in [1.82, 2.24) is 14.8 Å². The molecule has 0 spiro atoms. The Labute approximate surface area is 177 Å². The predicted octanol–water partition coefficient (Wildman–Crippen LogP) is 4.39. The molecule has 0 unspecified atom stereocenters. The summed E-state index contributed by atoms with van der Waals surface area (Å²) in [4.78, 5) is 21.0. The van der Waals surface area contributed by atoms with E-state index in [1.54, 1.807) is 23.1 Å². The third kappa shape index (κ3) is 4.85. The van der Waals surface area contributed by atoms with Gasteiger partial charge in [-0.3, -0.25) is 14.7 Å². The summed E-state index contributed by atoms with van der Waals surface area (Å²) in [7, 11) is 0. The zero-order valence-electron chi connectivity index (χ0n) is 16.7. The van der Waals surface area contributed by atoms with Crippen LogP contribution in [-0.4, -0.2) is 53.4 Å². The third-order valence-electron chi connectivity index (χ3n) is 5.59. The fourth-order valence-electron chi connectivity index (χ4n) is 3.79. The van der Waals surface area contributed by atoms with Gasteiger partial charge < -0.3 is 4.90 Å². The van der Waals surface area contributed by atoms with Gasteiger partial charge in [-0.15, -0.1) is 0 Å². The van der Waals surface area contributed by atoms with Crippen molar-refractivity contribution in [2.45, 2.75) is 12.6 Å². The molecule has 31 heavy (non-hydrogen) atoms. The summed E-state index contributed by atoms with van der Waals surface area (Å²) < 4.78 is 51.9. The number of hydrogen-bond donors (Lipinski definition) is 0. The summed E-state index contributed by atoms with van der Waals surface area (Å²) in [5, 5.41) is 0.416. The molecule has 162 valence electrons. The van der Waals surface area contributed by atoms with Gasteiger partial charge in [-0.05, 0) is 42.3 Å². The van der Waals surface area contributed by atoms with Gasteiger partial charge in [0.15, 0.2) is 0 Å². The summed E-state index contributed by atoms with van der Waals surface area (Å²) in [6.07, 6.45) is -2.29. The largest absolute Gasteiger partial charge is 0.416 e. The first-order chi connectivity index (χ1) is 14.8. The lowest BCUT2D eigenvalue weighted by Crippen LogP contribution is -2.49. The fraction of sp³-hybridized carbons (Fsp3) is 0.304. The van der Waals surface area contributed by atoms with E-state index in [0.29, 0.717) is 37.1 Å². The molecule has 1 fully saturated rings. The van der Waals surface area contributed by atoms with Gasteiger partial charge in [0.1, 0.15) is 5.82 Å². The van der Waals surface area contributed by atoms with Crippen molar-refractivity contribution < 1.29 is 22.4 Å². The minimum absolute atomic E-state index is 0.151. The molecule has 8 heteroatoms. The van der Waals surface area contributed by atoms with Crippen LogP contribution < -0.4 is 0 Å². The van der Waals surface area contributed by atoms with Crippen molar-refractivity contribution in [1.29, 1.82) is 0 Å². The maximum absolute atomic E-state index is 13.0. The molecule has 0 radical (unpaired) electrons. The van der Waals surface area contributed by atoms with Gasteiger partial charge in [-0.2, -0.15) is 13.2 Å². The van der Waals surface area contributed by atoms with E-state index in [1.807, 2.05) is 0 Å². The Morgan fingerprint density at radius 2 is 1.68 bits per heavy atom. The Morgan fingerprint density at radius 3 is 2.35 bits per heavy atom. The van der Waals surface area contributed by atoms with Crippen LogP contribution in [0.1, 0.15) is 21.5 Å². The van der Waals surface area contributed by atoms with Crippen molar-refractivity contribution in [3.05, 3.63) is 77.2 Å². The molecule has 3 aromatic rings. The highest BCUT2D eigenvalue weighted by Gasteiger charge is 2.31. The van der Waals surface area contributed by atoms with Crippen molar-refractivity contribution in [3.8, 4) is 0 Å². The normalized spacial score (nSPS) is 15.4. The lowest BCUT2D eigenvalue weighted by Gasteiger charge is -2.35. The maximum atomic E-state index is 13.0. The van der Waals surface area contributed by atoms with E-state index in [2.05, 4.69) is 9.88 Å². The number of piperazine rings is 1. The van der Waals surface area contributed by atoms with Crippen LogP contribution in [0.2, 0.25) is 0 Å². The van der Waals surface area contributed by atoms with Gasteiger partial charge in [0, 0.05) is 44.3 Å². The second-order valence-electron chi connectivity index (χ2n) is 7.60. The molecular formula is C23H21F4N3O. The van der Waals surface area contributed by atoms with Crippen molar-refractivity contribution in [2.24, 2.45) is 0 Å². The molecule has 1 saturated heterocycles. The molecule has 2 heterocycles. The molecule has 1 aliphatic heterocycles. The zero-order chi connectivity index (χ0) is 22.0. The summed E-state index contributed by atoms with van der Waals surface area (Å²) in [5.74, 6) is -0.459. The van der Waals surface area contributed by atoms with Crippen LogP contribution in [-0.2, 0) is 12.6 Å². The highest BCUT2D eigenvalue weighted by Crippen LogP contribution is 2.31. The smallest absolute Gasteiger partial charge is 0.336 e. The summed E-state index contributed by atoms with van der Waals surface area (Å²) in [6, 6.07) is 11.3. The molecule has 4 rings (SSSR count). The SMILES string of the molecule is O=C(c1ccnc2cc(C(F)(F)F)ccc12)N1CCN(CCc2ccc(F)cc2)CC1. The number of carbonyl (C=O) groups is 1. The van der Waals surface area contributed by atoms with Crippen LogP contribution in [0.25, 0.3) is 10.9 Å². The maximum Gasteiger partial charge on any atom is 0.416 e. The molecule has 0 atom stereocenters. The minimum Gasteiger partial charge on any atom is -0.336 e.